The highest BCUT2D eigenvalue weighted by atomic mass is 32.1. The average Bonchev–Trinajstić information content (AvgIpc) is 2.62. The van der Waals surface area contributed by atoms with E-state index in [0.29, 0.717) is 12.3 Å². The molecule has 0 aromatic rings. The summed E-state index contributed by atoms with van der Waals surface area (Å²) in [4.78, 5) is 43.1. The van der Waals surface area contributed by atoms with Crippen LogP contribution in [0, 0.1) is 5.41 Å². The van der Waals surface area contributed by atoms with E-state index in [-0.39, 0.29) is 18.9 Å². The highest BCUT2D eigenvalue weighted by Gasteiger charge is 2.36. The lowest BCUT2D eigenvalue weighted by Gasteiger charge is -2.29. The fraction of sp³-hybridized carbons (Fsp3) is 0.714. The Bertz CT molecular complexity index is 609. The van der Waals surface area contributed by atoms with E-state index in [9.17, 15) is 28.9 Å². The number of aliphatic hydroxyl groups excluding tert-OH is 1. The number of nitrogens with one attached hydrogen (secondary N) is 2. The monoisotopic (exact) mass is 427 g/mol. The fourth-order valence-electron chi connectivity index (χ4n) is 1.58. The zero-order valence-corrected chi connectivity index (χ0v) is 16.9. The second-order valence-corrected chi connectivity index (χ2v) is 8.05. The van der Waals surface area contributed by atoms with Crippen LogP contribution in [0.1, 0.15) is 20.3 Å². The van der Waals surface area contributed by atoms with Gasteiger partial charge in [0.05, 0.1) is 6.61 Å². The summed E-state index contributed by atoms with van der Waals surface area (Å²) in [7, 11) is -4.55. The van der Waals surface area contributed by atoms with Gasteiger partial charge in [0, 0.05) is 30.7 Å². The third kappa shape index (κ3) is 11.1. The van der Waals surface area contributed by atoms with E-state index >= 15 is 0 Å². The summed E-state index contributed by atoms with van der Waals surface area (Å²) >= 11 is 3.95. The lowest BCUT2D eigenvalue weighted by Crippen LogP contribution is -2.46. The number of amides is 2. The number of rotatable bonds is 13. The van der Waals surface area contributed by atoms with E-state index in [1.165, 1.54) is 19.8 Å². The predicted molar refractivity (Wildman–Crippen MR) is 99.4 cm³/mol. The second-order valence-electron chi connectivity index (χ2n) is 6.15. The molecular formula is C14H26N3O8PS. The predicted octanol–water partition coefficient (Wildman–Crippen LogP) is -1.27. The third-order valence-electron chi connectivity index (χ3n) is 3.19. The number of carbonyl (C=O) groups excluding carboxylic acids is 3. The molecule has 0 aliphatic carbocycles. The van der Waals surface area contributed by atoms with E-state index in [0.717, 1.165) is 0 Å². The molecule has 11 nitrogen and oxygen atoms in total. The molecule has 2 amide bonds. The Kier molecular flexibility index (Phi) is 11.5. The van der Waals surface area contributed by atoms with Crippen molar-refractivity contribution in [1.29, 1.82) is 0 Å². The van der Waals surface area contributed by atoms with Gasteiger partial charge < -0.3 is 26.4 Å². The molecule has 0 aromatic carbocycles. The summed E-state index contributed by atoms with van der Waals surface area (Å²) in [5.41, 5.74) is 3.42. The molecule has 0 aromatic heterocycles. The molecule has 0 saturated carbocycles. The van der Waals surface area contributed by atoms with Crippen molar-refractivity contribution >= 4 is 38.2 Å². The molecule has 0 bridgehead atoms. The Labute approximate surface area is 162 Å². The molecule has 13 heteroatoms. The molecule has 6 N–H and O–H groups in total. The molecule has 0 fully saturated rings. The van der Waals surface area contributed by atoms with Gasteiger partial charge in [0.15, 0.2) is 0 Å². The van der Waals surface area contributed by atoms with Crippen LogP contribution in [-0.2, 0) is 28.0 Å². The number of phosphoric ester groups is 1. The topological polar surface area (TPSA) is 177 Å². The molecule has 0 rings (SSSR count). The molecule has 156 valence electrons. The second kappa shape index (κ2) is 12.1. The molecule has 0 heterocycles. The van der Waals surface area contributed by atoms with Crippen molar-refractivity contribution in [3.63, 3.8) is 0 Å². The van der Waals surface area contributed by atoms with Crippen LogP contribution in [-0.4, -0.2) is 65.9 Å². The Balaban J connectivity index is 4.46. The normalized spacial score (nSPS) is 14.6. The lowest BCUT2D eigenvalue weighted by atomic mass is 9.87. The van der Waals surface area contributed by atoms with Crippen molar-refractivity contribution in [2.45, 2.75) is 26.4 Å². The third-order valence-corrected chi connectivity index (χ3v) is 4.32. The van der Waals surface area contributed by atoms with Gasteiger partial charge in [0.25, 0.3) is 0 Å². The van der Waals surface area contributed by atoms with Crippen LogP contribution < -0.4 is 16.4 Å². The summed E-state index contributed by atoms with van der Waals surface area (Å²) in [5, 5.41) is 15.1. The van der Waals surface area contributed by atoms with E-state index in [4.69, 9.17) is 10.3 Å². The van der Waals surface area contributed by atoms with Crippen molar-refractivity contribution in [3.8, 4) is 0 Å². The summed E-state index contributed by atoms with van der Waals surface area (Å²) < 4.78 is 20.9. The molecule has 2 unspecified atom stereocenters. The standard InChI is InChI=1S/C14H26N3O8PS/c1-14(2,9-25-26(22,23)24-8-10(15)7-18)12(20)13(21)17-4-3-11(19)16-5-6-27/h12,20,27H,3-6,8-9,15H2,1-2H3,(H,16,19)(H,17,21)(H,22,23). The molecule has 0 spiro atoms. The van der Waals surface area contributed by atoms with Gasteiger partial charge in [-0.15, -0.1) is 0 Å². The molecule has 0 radical (unpaired) electrons. The van der Waals surface area contributed by atoms with Gasteiger partial charge >= 0.3 is 7.82 Å². The highest BCUT2D eigenvalue weighted by molar-refractivity contribution is 7.80. The van der Waals surface area contributed by atoms with E-state index in [1.807, 2.05) is 0 Å². The van der Waals surface area contributed by atoms with Gasteiger partial charge in [-0.05, 0) is 0 Å². The Morgan fingerprint density at radius 1 is 1.30 bits per heavy atom. The average molecular weight is 427 g/mol. The number of carbonyl (C=O) groups is 2. The highest BCUT2D eigenvalue weighted by Crippen LogP contribution is 2.45. The zero-order chi connectivity index (χ0) is 21.1. The van der Waals surface area contributed by atoms with Crippen LogP contribution >= 0.6 is 20.5 Å². The first-order chi connectivity index (χ1) is 12.4. The minimum absolute atomic E-state index is 0.00411. The van der Waals surface area contributed by atoms with Crippen LogP contribution in [0.5, 0.6) is 0 Å². The first-order valence-corrected chi connectivity index (χ1v) is 10.0. The van der Waals surface area contributed by atoms with Crippen LogP contribution in [0.2, 0.25) is 0 Å². The van der Waals surface area contributed by atoms with Gasteiger partial charge in [0.2, 0.25) is 11.8 Å². The Morgan fingerprint density at radius 3 is 2.48 bits per heavy atom. The first kappa shape index (κ1) is 25.6. The van der Waals surface area contributed by atoms with Gasteiger partial charge in [-0.25, -0.2) is 9.36 Å². The Hall–Kier alpha value is -1.39. The number of hydrogen-bond donors (Lipinski definition) is 6. The van der Waals surface area contributed by atoms with Crippen molar-refractivity contribution in [2.75, 3.05) is 32.1 Å². The van der Waals surface area contributed by atoms with Crippen molar-refractivity contribution in [1.82, 2.24) is 10.6 Å². The van der Waals surface area contributed by atoms with Crippen molar-refractivity contribution in [3.05, 3.63) is 5.70 Å². The van der Waals surface area contributed by atoms with E-state index in [2.05, 4.69) is 27.8 Å². The maximum Gasteiger partial charge on any atom is 0.472 e. The largest absolute Gasteiger partial charge is 0.472 e. The number of nitrogens with two attached hydrogens (primary N) is 1. The van der Waals surface area contributed by atoms with Gasteiger partial charge in [0.1, 0.15) is 24.3 Å². The molecule has 0 saturated heterocycles. The van der Waals surface area contributed by atoms with Crippen LogP contribution in [0.15, 0.2) is 5.70 Å². The number of phosphoric acid groups is 1. The van der Waals surface area contributed by atoms with Crippen LogP contribution in [0.4, 0.5) is 0 Å². The summed E-state index contributed by atoms with van der Waals surface area (Å²) in [6, 6.07) is 0. The fourth-order valence-corrected chi connectivity index (χ4v) is 2.56. The maximum absolute atomic E-state index is 12.0. The van der Waals surface area contributed by atoms with Crippen molar-refractivity contribution in [2.24, 2.45) is 11.1 Å². The maximum atomic E-state index is 12.0. The lowest BCUT2D eigenvalue weighted by molar-refractivity contribution is -0.137. The number of hydrogen-bond acceptors (Lipinski definition) is 9. The minimum Gasteiger partial charge on any atom is -0.391 e. The molecule has 0 aliphatic heterocycles. The van der Waals surface area contributed by atoms with Crippen LogP contribution in [0.25, 0.3) is 0 Å². The van der Waals surface area contributed by atoms with E-state index in [1.54, 1.807) is 0 Å². The smallest absolute Gasteiger partial charge is 0.391 e. The van der Waals surface area contributed by atoms with Gasteiger partial charge in [-0.3, -0.25) is 18.6 Å². The van der Waals surface area contributed by atoms with Gasteiger partial charge in [-0.1, -0.05) is 13.8 Å². The quantitative estimate of drug-likeness (QED) is 0.119. The summed E-state index contributed by atoms with van der Waals surface area (Å²) in [6.07, 6.45) is -1.56. The van der Waals surface area contributed by atoms with Crippen molar-refractivity contribution < 1.29 is 38.0 Å². The summed E-state index contributed by atoms with van der Waals surface area (Å²) in [5.74, 6) is 0.730. The molecular weight excluding hydrogens is 401 g/mol. The first-order valence-electron chi connectivity index (χ1n) is 7.90. The van der Waals surface area contributed by atoms with E-state index < -0.39 is 44.2 Å². The molecule has 2 atom stereocenters. The van der Waals surface area contributed by atoms with Gasteiger partial charge in [-0.2, -0.15) is 12.6 Å². The number of aliphatic hydroxyl groups is 1. The molecule has 27 heavy (non-hydrogen) atoms. The van der Waals surface area contributed by atoms with Crippen LogP contribution in [0.3, 0.4) is 0 Å². The summed E-state index contributed by atoms with van der Waals surface area (Å²) in [6.45, 7) is 2.09. The number of thiol groups is 1. The SMILES string of the molecule is CC(C)(COP(=O)(O)OCC(N)=C=O)C(O)C(=O)NCCC(=O)NCCS. The zero-order valence-electron chi connectivity index (χ0n) is 15.1. The molecule has 0 aliphatic rings. The minimum atomic E-state index is -4.55. The Morgan fingerprint density at radius 2 is 1.93 bits per heavy atom.